The van der Waals surface area contributed by atoms with Gasteiger partial charge in [0, 0.05) is 43.3 Å². The van der Waals surface area contributed by atoms with Gasteiger partial charge < -0.3 is 10.7 Å². The second kappa shape index (κ2) is 5.50. The number of pyridine rings is 2. The van der Waals surface area contributed by atoms with Gasteiger partial charge in [-0.2, -0.15) is 5.10 Å². The van der Waals surface area contributed by atoms with Crippen molar-refractivity contribution in [2.45, 2.75) is 6.54 Å². The molecule has 0 saturated carbocycles. The maximum Gasteiger partial charge on any atom is 0.178 e. The molecule has 0 saturated heterocycles. The van der Waals surface area contributed by atoms with E-state index in [1.807, 2.05) is 13.2 Å². The summed E-state index contributed by atoms with van der Waals surface area (Å²) in [7, 11) is 1.84. The average molecular weight is 323 g/mol. The molecule has 0 amide bonds. The molecule has 4 heterocycles. The number of hydrogen-bond acceptors (Lipinski definition) is 5. The lowest BCUT2D eigenvalue weighted by molar-refractivity contribution is 0.600. The summed E-state index contributed by atoms with van der Waals surface area (Å²) in [4.78, 5) is 16.1. The molecule has 0 unspecified atom stereocenters. The molecule has 0 atom stereocenters. The highest BCUT2D eigenvalue weighted by Gasteiger charge is 2.13. The lowest BCUT2D eigenvalue weighted by Gasteiger charge is -2.04. The summed E-state index contributed by atoms with van der Waals surface area (Å²) >= 11 is 0. The lowest BCUT2D eigenvalue weighted by atomic mass is 10.1. The monoisotopic (exact) mass is 323 g/mol. The minimum Gasteiger partial charge on any atom is -0.336 e. The summed E-state index contributed by atoms with van der Waals surface area (Å²) in [5.41, 5.74) is 9.24. The maximum absolute atomic E-state index is 14.0. The largest absolute Gasteiger partial charge is 0.336 e. The summed E-state index contributed by atoms with van der Waals surface area (Å²) in [5.74, 6) is 0.233. The van der Waals surface area contributed by atoms with Crippen molar-refractivity contribution in [2.24, 2.45) is 12.8 Å². The fraction of sp³-hybridized carbons (Fsp3) is 0.125. The van der Waals surface area contributed by atoms with E-state index in [1.165, 1.54) is 6.07 Å². The fourth-order valence-corrected chi connectivity index (χ4v) is 2.60. The van der Waals surface area contributed by atoms with E-state index in [9.17, 15) is 4.39 Å². The van der Waals surface area contributed by atoms with Crippen molar-refractivity contribution in [1.82, 2.24) is 29.7 Å². The van der Waals surface area contributed by atoms with Gasteiger partial charge in [-0.25, -0.2) is 14.4 Å². The van der Waals surface area contributed by atoms with Crippen LogP contribution in [0.1, 0.15) is 5.69 Å². The lowest BCUT2D eigenvalue weighted by Crippen LogP contribution is -2.03. The summed E-state index contributed by atoms with van der Waals surface area (Å²) in [6.45, 7) is 0.0626. The van der Waals surface area contributed by atoms with Gasteiger partial charge in [0.15, 0.2) is 5.65 Å². The number of rotatable bonds is 3. The average Bonchev–Trinajstić information content (AvgIpc) is 3.20. The quantitative estimate of drug-likeness (QED) is 0.601. The van der Waals surface area contributed by atoms with E-state index in [4.69, 9.17) is 5.73 Å². The van der Waals surface area contributed by atoms with Crippen molar-refractivity contribution in [3.63, 3.8) is 0 Å². The normalized spacial score (nSPS) is 11.3. The number of hydrogen-bond donors (Lipinski definition) is 2. The first kappa shape index (κ1) is 14.5. The SMILES string of the molecule is Cn1cc(-c2nc3nccc(-c4cnc(CN)c(F)c4)c3[nH]2)cn1. The molecule has 0 aliphatic carbocycles. The van der Waals surface area contributed by atoms with Gasteiger partial charge in [0.05, 0.1) is 23.0 Å². The second-order valence-corrected chi connectivity index (χ2v) is 5.40. The molecule has 8 heteroatoms. The third-order valence-electron chi connectivity index (χ3n) is 3.79. The van der Waals surface area contributed by atoms with Gasteiger partial charge in [0.1, 0.15) is 11.6 Å². The number of aromatic amines is 1. The van der Waals surface area contributed by atoms with Crippen LogP contribution >= 0.6 is 0 Å². The third kappa shape index (κ3) is 2.33. The minimum atomic E-state index is -0.424. The zero-order valence-electron chi connectivity index (χ0n) is 12.9. The number of nitrogens with zero attached hydrogens (tertiary/aromatic N) is 5. The molecule has 120 valence electrons. The minimum absolute atomic E-state index is 0.0626. The van der Waals surface area contributed by atoms with Gasteiger partial charge in [-0.3, -0.25) is 9.67 Å². The van der Waals surface area contributed by atoms with Crippen molar-refractivity contribution in [1.29, 1.82) is 0 Å². The van der Waals surface area contributed by atoms with Gasteiger partial charge in [-0.05, 0) is 12.1 Å². The van der Waals surface area contributed by atoms with Crippen LogP contribution < -0.4 is 5.73 Å². The van der Waals surface area contributed by atoms with Crippen molar-refractivity contribution in [2.75, 3.05) is 0 Å². The van der Waals surface area contributed by atoms with E-state index >= 15 is 0 Å². The number of nitrogens with one attached hydrogen (secondary N) is 1. The van der Waals surface area contributed by atoms with E-state index in [-0.39, 0.29) is 12.2 Å². The fourth-order valence-electron chi connectivity index (χ4n) is 2.60. The van der Waals surface area contributed by atoms with E-state index in [0.717, 1.165) is 16.6 Å². The van der Waals surface area contributed by atoms with Crippen molar-refractivity contribution >= 4 is 11.2 Å². The Morgan fingerprint density at radius 2 is 2.12 bits per heavy atom. The van der Waals surface area contributed by atoms with Gasteiger partial charge in [-0.15, -0.1) is 0 Å². The Morgan fingerprint density at radius 3 is 2.83 bits per heavy atom. The number of nitrogens with two attached hydrogens (primary N) is 1. The molecule has 4 rings (SSSR count). The van der Waals surface area contributed by atoms with Crippen LogP contribution in [0.5, 0.6) is 0 Å². The van der Waals surface area contributed by atoms with Crippen LogP contribution in [0.25, 0.3) is 33.7 Å². The van der Waals surface area contributed by atoms with Crippen molar-refractivity contribution in [3.05, 3.63) is 48.4 Å². The Balaban J connectivity index is 1.87. The van der Waals surface area contributed by atoms with Gasteiger partial charge in [0.25, 0.3) is 0 Å². The summed E-state index contributed by atoms with van der Waals surface area (Å²) in [6, 6.07) is 3.22. The number of halogens is 1. The van der Waals surface area contributed by atoms with E-state index in [2.05, 4.69) is 25.0 Å². The van der Waals surface area contributed by atoms with Crippen LogP contribution in [-0.4, -0.2) is 29.7 Å². The molecule has 0 fully saturated rings. The number of imidazole rings is 1. The molecule has 0 radical (unpaired) electrons. The summed E-state index contributed by atoms with van der Waals surface area (Å²) in [5, 5.41) is 4.14. The number of fused-ring (bicyclic) bond motifs is 1. The van der Waals surface area contributed by atoms with E-state index < -0.39 is 5.82 Å². The molecule has 4 aromatic rings. The Hall–Kier alpha value is -3.13. The molecule has 0 aromatic carbocycles. The molecule has 24 heavy (non-hydrogen) atoms. The first-order valence-electron chi connectivity index (χ1n) is 7.34. The number of H-pyrrole nitrogens is 1. The first-order valence-corrected chi connectivity index (χ1v) is 7.34. The Morgan fingerprint density at radius 1 is 1.25 bits per heavy atom. The van der Waals surface area contributed by atoms with Crippen LogP contribution in [0.3, 0.4) is 0 Å². The van der Waals surface area contributed by atoms with Gasteiger partial charge in [-0.1, -0.05) is 0 Å². The molecule has 7 nitrogen and oxygen atoms in total. The Bertz CT molecular complexity index is 1030. The molecule has 0 aliphatic rings. The summed E-state index contributed by atoms with van der Waals surface area (Å²) < 4.78 is 15.7. The van der Waals surface area contributed by atoms with Gasteiger partial charge >= 0.3 is 0 Å². The molecule has 3 N–H and O–H groups in total. The third-order valence-corrected chi connectivity index (χ3v) is 3.79. The smallest absolute Gasteiger partial charge is 0.178 e. The van der Waals surface area contributed by atoms with Crippen LogP contribution in [-0.2, 0) is 13.6 Å². The second-order valence-electron chi connectivity index (χ2n) is 5.40. The van der Waals surface area contributed by atoms with Crippen LogP contribution in [0.2, 0.25) is 0 Å². The Labute approximate surface area is 136 Å². The molecular formula is C16H14FN7. The first-order chi connectivity index (χ1) is 11.7. The van der Waals surface area contributed by atoms with Crippen molar-refractivity contribution in [3.8, 4) is 22.5 Å². The summed E-state index contributed by atoms with van der Waals surface area (Å²) in [6.07, 6.45) is 6.81. The molecule has 4 aromatic heterocycles. The Kier molecular flexibility index (Phi) is 3.31. The zero-order valence-corrected chi connectivity index (χ0v) is 12.9. The van der Waals surface area contributed by atoms with Crippen LogP contribution in [0.15, 0.2) is 36.9 Å². The highest BCUT2D eigenvalue weighted by Crippen LogP contribution is 2.28. The topological polar surface area (TPSA) is 98.3 Å². The number of aromatic nitrogens is 6. The standard InChI is InChI=1S/C16H14FN7/c1-24-8-10(7-21-24)15-22-14-11(2-3-19-16(14)23-15)9-4-12(17)13(5-18)20-6-9/h2-4,6-8H,5,18H2,1H3,(H,19,22,23). The van der Waals surface area contributed by atoms with Gasteiger partial charge in [0.2, 0.25) is 0 Å². The predicted octanol–water partition coefficient (Wildman–Crippen LogP) is 2.02. The number of aryl methyl sites for hydroxylation is 1. The molecule has 0 bridgehead atoms. The zero-order chi connectivity index (χ0) is 16.7. The van der Waals surface area contributed by atoms with Crippen LogP contribution in [0.4, 0.5) is 4.39 Å². The van der Waals surface area contributed by atoms with Crippen molar-refractivity contribution < 1.29 is 4.39 Å². The predicted molar refractivity (Wildman–Crippen MR) is 87.2 cm³/mol. The molecule has 0 spiro atoms. The highest BCUT2D eigenvalue weighted by atomic mass is 19.1. The van der Waals surface area contributed by atoms with E-state index in [1.54, 1.807) is 29.3 Å². The van der Waals surface area contributed by atoms with E-state index in [0.29, 0.717) is 17.0 Å². The maximum atomic E-state index is 14.0. The molecule has 0 aliphatic heterocycles. The molecular weight excluding hydrogens is 309 g/mol. The highest BCUT2D eigenvalue weighted by molar-refractivity contribution is 5.91. The van der Waals surface area contributed by atoms with Crippen LogP contribution in [0, 0.1) is 5.82 Å².